The number of hydrogen-bond donors (Lipinski definition) is 1. The normalized spacial score (nSPS) is 12.0. The van der Waals surface area contributed by atoms with Crippen molar-refractivity contribution in [2.24, 2.45) is 0 Å². The minimum absolute atomic E-state index is 0.125. The van der Waals surface area contributed by atoms with Crippen LogP contribution in [0.5, 0.6) is 0 Å². The molecule has 1 heterocycles. The Kier molecular flexibility index (Phi) is 3.90. The molecule has 5 heteroatoms. The number of nitrogens with zero attached hydrogens (tertiary/aromatic N) is 1. The first-order valence-electron chi connectivity index (χ1n) is 5.44. The molecule has 0 saturated heterocycles. The molecule has 4 nitrogen and oxygen atoms in total. The number of benzene rings is 1. The van der Waals surface area contributed by atoms with Crippen molar-refractivity contribution < 1.29 is 9.21 Å². The van der Waals surface area contributed by atoms with Crippen LogP contribution in [0.4, 0.5) is 0 Å². The molecule has 0 radical (unpaired) electrons. The lowest BCUT2D eigenvalue weighted by Crippen LogP contribution is -2.31. The van der Waals surface area contributed by atoms with Crippen molar-refractivity contribution in [2.45, 2.75) is 17.4 Å². The Balaban J connectivity index is 2.04. The molecule has 1 unspecified atom stereocenters. The zero-order chi connectivity index (χ0) is 13.0. The number of amides is 1. The van der Waals surface area contributed by atoms with Gasteiger partial charge in [-0.1, -0.05) is 29.8 Å². The number of fused-ring (bicyclic) bond motifs is 1. The summed E-state index contributed by atoms with van der Waals surface area (Å²) in [5.74, 6) is 2.23. The molecular formula is C13H12N2O2S. The third-order valence-corrected chi connectivity index (χ3v) is 3.23. The maximum atomic E-state index is 11.6. The molecule has 0 aliphatic rings. The van der Waals surface area contributed by atoms with Gasteiger partial charge in [0.1, 0.15) is 5.52 Å². The summed E-state index contributed by atoms with van der Waals surface area (Å²) in [6, 6.07) is 7.48. The Bertz CT molecular complexity index is 567. The van der Waals surface area contributed by atoms with Gasteiger partial charge in [0.2, 0.25) is 5.91 Å². The van der Waals surface area contributed by atoms with E-state index in [1.165, 1.54) is 11.8 Å². The maximum absolute atomic E-state index is 11.6. The Morgan fingerprint density at radius 1 is 1.61 bits per heavy atom. The molecule has 1 atom stereocenters. The van der Waals surface area contributed by atoms with E-state index < -0.39 is 0 Å². The fraction of sp³-hybridized carbons (Fsp3) is 0.231. The van der Waals surface area contributed by atoms with Crippen LogP contribution >= 0.6 is 11.8 Å². The van der Waals surface area contributed by atoms with Crippen molar-refractivity contribution in [3.63, 3.8) is 0 Å². The van der Waals surface area contributed by atoms with Gasteiger partial charge in [-0.15, -0.1) is 6.42 Å². The first-order valence-corrected chi connectivity index (χ1v) is 6.32. The summed E-state index contributed by atoms with van der Waals surface area (Å²) < 4.78 is 5.52. The number of carbonyl (C=O) groups is 1. The molecule has 0 saturated carbocycles. The third-order valence-electron chi connectivity index (χ3n) is 2.29. The lowest BCUT2D eigenvalue weighted by atomic mass is 10.3. The summed E-state index contributed by atoms with van der Waals surface area (Å²) in [6.45, 7) is 2.02. The minimum atomic E-state index is -0.300. The van der Waals surface area contributed by atoms with Gasteiger partial charge < -0.3 is 9.73 Å². The second-order valence-electron chi connectivity index (χ2n) is 3.63. The molecule has 0 bridgehead atoms. The van der Waals surface area contributed by atoms with Crippen molar-refractivity contribution in [1.29, 1.82) is 0 Å². The van der Waals surface area contributed by atoms with Crippen LogP contribution in [-0.4, -0.2) is 22.7 Å². The van der Waals surface area contributed by atoms with E-state index in [1.54, 1.807) is 6.92 Å². The number of thioether (sulfide) groups is 1. The molecule has 1 aromatic carbocycles. The van der Waals surface area contributed by atoms with E-state index in [4.69, 9.17) is 10.8 Å². The molecule has 92 valence electrons. The third kappa shape index (κ3) is 2.84. The molecule has 1 N–H and O–H groups in total. The highest BCUT2D eigenvalue weighted by Crippen LogP contribution is 2.26. The molecule has 0 aliphatic carbocycles. The fourth-order valence-electron chi connectivity index (χ4n) is 1.39. The summed E-state index contributed by atoms with van der Waals surface area (Å²) in [4.78, 5) is 15.9. The number of terminal acetylenes is 1. The van der Waals surface area contributed by atoms with Gasteiger partial charge >= 0.3 is 0 Å². The molecule has 0 fully saturated rings. The second kappa shape index (κ2) is 5.61. The zero-order valence-electron chi connectivity index (χ0n) is 9.84. The quantitative estimate of drug-likeness (QED) is 0.675. The van der Waals surface area contributed by atoms with Crippen LogP contribution in [0.1, 0.15) is 6.92 Å². The highest BCUT2D eigenvalue weighted by atomic mass is 32.2. The average Bonchev–Trinajstić information content (AvgIpc) is 2.77. The predicted molar refractivity (Wildman–Crippen MR) is 71.2 cm³/mol. The van der Waals surface area contributed by atoms with Gasteiger partial charge in [0, 0.05) is 0 Å². The summed E-state index contributed by atoms with van der Waals surface area (Å²) in [7, 11) is 0. The highest BCUT2D eigenvalue weighted by molar-refractivity contribution is 8.00. The SMILES string of the molecule is C#CCNC(=O)C(C)Sc1nc2ccccc2o1. The Morgan fingerprint density at radius 2 is 2.39 bits per heavy atom. The molecule has 18 heavy (non-hydrogen) atoms. The van der Waals surface area contributed by atoms with Gasteiger partial charge in [0.25, 0.3) is 5.22 Å². The largest absolute Gasteiger partial charge is 0.431 e. The number of aromatic nitrogens is 1. The van der Waals surface area contributed by atoms with Crippen molar-refractivity contribution >= 4 is 28.8 Å². The van der Waals surface area contributed by atoms with Crippen LogP contribution in [0.2, 0.25) is 0 Å². The number of rotatable bonds is 4. The van der Waals surface area contributed by atoms with Crippen LogP contribution in [0.15, 0.2) is 33.9 Å². The zero-order valence-corrected chi connectivity index (χ0v) is 10.7. The number of nitrogens with one attached hydrogen (secondary N) is 1. The Morgan fingerprint density at radius 3 is 3.11 bits per heavy atom. The van der Waals surface area contributed by atoms with Gasteiger partial charge in [-0.3, -0.25) is 4.79 Å². The number of carbonyl (C=O) groups excluding carboxylic acids is 1. The van der Waals surface area contributed by atoms with Gasteiger partial charge in [-0.2, -0.15) is 0 Å². The van der Waals surface area contributed by atoms with Crippen molar-refractivity contribution in [3.8, 4) is 12.3 Å². The lowest BCUT2D eigenvalue weighted by molar-refractivity contribution is -0.120. The summed E-state index contributed by atoms with van der Waals surface area (Å²) in [5, 5.41) is 2.81. The van der Waals surface area contributed by atoms with Crippen LogP contribution in [0.25, 0.3) is 11.1 Å². The van der Waals surface area contributed by atoms with Crippen LogP contribution in [-0.2, 0) is 4.79 Å². The molecule has 2 rings (SSSR count). The van der Waals surface area contributed by atoms with Gasteiger partial charge in [0.05, 0.1) is 11.8 Å². The van der Waals surface area contributed by atoms with E-state index >= 15 is 0 Å². The van der Waals surface area contributed by atoms with Crippen molar-refractivity contribution in [1.82, 2.24) is 10.3 Å². The lowest BCUT2D eigenvalue weighted by Gasteiger charge is -2.07. The van der Waals surface area contributed by atoms with Gasteiger partial charge in [-0.05, 0) is 19.1 Å². The molecule has 0 aliphatic heterocycles. The standard InChI is InChI=1S/C13H12N2O2S/c1-3-8-14-12(16)9(2)18-13-15-10-6-4-5-7-11(10)17-13/h1,4-7,9H,8H2,2H3,(H,14,16). The molecule has 0 spiro atoms. The molecule has 1 aromatic heterocycles. The smallest absolute Gasteiger partial charge is 0.257 e. The summed E-state index contributed by atoms with van der Waals surface area (Å²) in [6.07, 6.45) is 5.08. The van der Waals surface area contributed by atoms with E-state index in [0.717, 1.165) is 11.1 Å². The maximum Gasteiger partial charge on any atom is 0.257 e. The number of oxazole rings is 1. The molecule has 1 amide bonds. The molecular weight excluding hydrogens is 248 g/mol. The molecule has 2 aromatic rings. The Labute approximate surface area is 109 Å². The summed E-state index contributed by atoms with van der Waals surface area (Å²) >= 11 is 1.27. The monoisotopic (exact) mass is 260 g/mol. The van der Waals surface area contributed by atoms with Gasteiger partial charge in [-0.25, -0.2) is 4.98 Å². The second-order valence-corrected chi connectivity index (χ2v) is 4.92. The van der Waals surface area contributed by atoms with E-state index in [9.17, 15) is 4.79 Å². The van der Waals surface area contributed by atoms with E-state index in [-0.39, 0.29) is 17.7 Å². The van der Waals surface area contributed by atoms with E-state index in [2.05, 4.69) is 16.2 Å². The van der Waals surface area contributed by atoms with E-state index in [0.29, 0.717) is 5.22 Å². The summed E-state index contributed by atoms with van der Waals surface area (Å²) in [5.41, 5.74) is 1.51. The fourth-order valence-corrected chi connectivity index (χ4v) is 2.17. The van der Waals surface area contributed by atoms with Crippen LogP contribution in [0.3, 0.4) is 0 Å². The number of para-hydroxylation sites is 2. The van der Waals surface area contributed by atoms with Crippen LogP contribution < -0.4 is 5.32 Å². The van der Waals surface area contributed by atoms with E-state index in [1.807, 2.05) is 24.3 Å². The average molecular weight is 260 g/mol. The number of hydrogen-bond acceptors (Lipinski definition) is 4. The van der Waals surface area contributed by atoms with Crippen LogP contribution in [0, 0.1) is 12.3 Å². The van der Waals surface area contributed by atoms with Crippen molar-refractivity contribution in [2.75, 3.05) is 6.54 Å². The van der Waals surface area contributed by atoms with Crippen molar-refractivity contribution in [3.05, 3.63) is 24.3 Å². The Hall–Kier alpha value is -1.93. The highest BCUT2D eigenvalue weighted by Gasteiger charge is 2.17. The topological polar surface area (TPSA) is 55.1 Å². The van der Waals surface area contributed by atoms with Gasteiger partial charge in [0.15, 0.2) is 5.58 Å². The first-order chi connectivity index (χ1) is 8.70. The minimum Gasteiger partial charge on any atom is -0.431 e. The first kappa shape index (κ1) is 12.5. The predicted octanol–water partition coefficient (Wildman–Crippen LogP) is 2.06.